The molecule has 0 bridgehead atoms. The van der Waals surface area contributed by atoms with Gasteiger partial charge in [0.1, 0.15) is 11.4 Å². The highest BCUT2D eigenvalue weighted by Crippen LogP contribution is 2.25. The van der Waals surface area contributed by atoms with Crippen LogP contribution in [-0.4, -0.2) is 23.3 Å². The van der Waals surface area contributed by atoms with E-state index in [1.54, 1.807) is 36.4 Å². The number of hydrogen-bond donors (Lipinski definition) is 2. The SMILES string of the molecule is CCCCCNC(=O)c1cccc(C(=O)Nc2ccc(Cl)c(Cl)c2)n1. The highest BCUT2D eigenvalue weighted by atomic mass is 35.5. The zero-order chi connectivity index (χ0) is 18.2. The van der Waals surface area contributed by atoms with Crippen LogP contribution in [0.15, 0.2) is 36.4 Å². The van der Waals surface area contributed by atoms with E-state index < -0.39 is 5.91 Å². The second-order valence-corrected chi connectivity index (χ2v) is 6.27. The fraction of sp³-hybridized carbons (Fsp3) is 0.278. The summed E-state index contributed by atoms with van der Waals surface area (Å²) in [6, 6.07) is 9.51. The first-order valence-electron chi connectivity index (χ1n) is 8.03. The van der Waals surface area contributed by atoms with Crippen molar-refractivity contribution in [2.24, 2.45) is 0 Å². The van der Waals surface area contributed by atoms with Gasteiger partial charge in [-0.05, 0) is 36.8 Å². The fourth-order valence-electron chi connectivity index (χ4n) is 2.12. The lowest BCUT2D eigenvalue weighted by molar-refractivity contribution is 0.0948. The molecule has 0 aliphatic heterocycles. The van der Waals surface area contributed by atoms with Gasteiger partial charge in [-0.1, -0.05) is 49.0 Å². The summed E-state index contributed by atoms with van der Waals surface area (Å²) in [6.45, 7) is 2.69. The van der Waals surface area contributed by atoms with Crippen LogP contribution in [0, 0.1) is 0 Å². The van der Waals surface area contributed by atoms with E-state index in [9.17, 15) is 9.59 Å². The van der Waals surface area contributed by atoms with Crippen molar-refractivity contribution in [3.8, 4) is 0 Å². The molecule has 0 fully saturated rings. The third-order valence-electron chi connectivity index (χ3n) is 3.46. The molecule has 1 aromatic heterocycles. The van der Waals surface area contributed by atoms with Crippen molar-refractivity contribution >= 4 is 40.7 Å². The number of anilines is 1. The van der Waals surface area contributed by atoms with Crippen molar-refractivity contribution in [3.05, 3.63) is 57.8 Å². The molecule has 0 saturated carbocycles. The number of aromatic nitrogens is 1. The van der Waals surface area contributed by atoms with Gasteiger partial charge in [0.25, 0.3) is 11.8 Å². The minimum atomic E-state index is -0.431. The first kappa shape index (κ1) is 19.2. The minimum Gasteiger partial charge on any atom is -0.351 e. The Hall–Kier alpha value is -2.11. The lowest BCUT2D eigenvalue weighted by atomic mass is 10.2. The molecule has 2 rings (SSSR count). The van der Waals surface area contributed by atoms with Gasteiger partial charge in [0.15, 0.2) is 0 Å². The van der Waals surface area contributed by atoms with Crippen molar-refractivity contribution in [3.63, 3.8) is 0 Å². The Labute approximate surface area is 156 Å². The lowest BCUT2D eigenvalue weighted by Gasteiger charge is -2.08. The number of carbonyl (C=O) groups excluding carboxylic acids is 2. The zero-order valence-corrected chi connectivity index (χ0v) is 15.3. The number of rotatable bonds is 7. The highest BCUT2D eigenvalue weighted by Gasteiger charge is 2.13. The van der Waals surface area contributed by atoms with Crippen LogP contribution in [0.25, 0.3) is 0 Å². The second kappa shape index (κ2) is 9.39. The molecule has 132 valence electrons. The Balaban J connectivity index is 2.03. The zero-order valence-electron chi connectivity index (χ0n) is 13.8. The molecular weight excluding hydrogens is 361 g/mol. The second-order valence-electron chi connectivity index (χ2n) is 5.45. The van der Waals surface area contributed by atoms with Gasteiger partial charge >= 0.3 is 0 Å². The smallest absolute Gasteiger partial charge is 0.274 e. The molecule has 0 saturated heterocycles. The Morgan fingerprint density at radius 3 is 2.40 bits per heavy atom. The Bertz CT molecular complexity index is 766. The highest BCUT2D eigenvalue weighted by molar-refractivity contribution is 6.42. The number of pyridine rings is 1. The molecule has 0 atom stereocenters. The first-order valence-corrected chi connectivity index (χ1v) is 8.78. The Morgan fingerprint density at radius 2 is 1.72 bits per heavy atom. The summed E-state index contributed by atoms with van der Waals surface area (Å²) in [5.41, 5.74) is 0.848. The van der Waals surface area contributed by atoms with E-state index in [1.807, 2.05) is 0 Å². The van der Waals surface area contributed by atoms with Crippen LogP contribution in [0.5, 0.6) is 0 Å². The molecule has 2 N–H and O–H groups in total. The van der Waals surface area contributed by atoms with Gasteiger partial charge in [0, 0.05) is 12.2 Å². The number of unbranched alkanes of at least 4 members (excludes halogenated alkanes) is 2. The van der Waals surface area contributed by atoms with Crippen molar-refractivity contribution in [1.29, 1.82) is 0 Å². The molecule has 7 heteroatoms. The normalized spacial score (nSPS) is 10.4. The van der Waals surface area contributed by atoms with Crippen molar-refractivity contribution in [2.75, 3.05) is 11.9 Å². The first-order chi connectivity index (χ1) is 12.0. The molecule has 0 aliphatic carbocycles. The summed E-state index contributed by atoms with van der Waals surface area (Å²) in [7, 11) is 0. The van der Waals surface area contributed by atoms with E-state index in [-0.39, 0.29) is 17.3 Å². The molecule has 0 aliphatic rings. The van der Waals surface area contributed by atoms with Crippen molar-refractivity contribution in [1.82, 2.24) is 10.3 Å². The monoisotopic (exact) mass is 379 g/mol. The van der Waals surface area contributed by atoms with Gasteiger partial charge in [0.05, 0.1) is 10.0 Å². The maximum Gasteiger partial charge on any atom is 0.274 e. The average molecular weight is 380 g/mol. The molecule has 0 radical (unpaired) electrons. The van der Waals surface area contributed by atoms with Crippen LogP contribution in [0.1, 0.15) is 47.2 Å². The molecule has 25 heavy (non-hydrogen) atoms. The van der Waals surface area contributed by atoms with E-state index >= 15 is 0 Å². The fourth-order valence-corrected chi connectivity index (χ4v) is 2.42. The number of halogens is 2. The molecule has 0 unspecified atom stereocenters. The minimum absolute atomic E-state index is 0.146. The lowest BCUT2D eigenvalue weighted by Crippen LogP contribution is -2.26. The number of amides is 2. The molecule has 2 aromatic rings. The predicted molar refractivity (Wildman–Crippen MR) is 101 cm³/mol. The topological polar surface area (TPSA) is 71.1 Å². The molecule has 1 heterocycles. The third kappa shape index (κ3) is 5.73. The number of benzene rings is 1. The summed E-state index contributed by atoms with van der Waals surface area (Å²) in [4.78, 5) is 28.5. The molecule has 5 nitrogen and oxygen atoms in total. The third-order valence-corrected chi connectivity index (χ3v) is 4.20. The van der Waals surface area contributed by atoms with Gasteiger partial charge in [-0.3, -0.25) is 9.59 Å². The largest absolute Gasteiger partial charge is 0.351 e. The maximum atomic E-state index is 12.3. The number of nitrogens with zero attached hydrogens (tertiary/aromatic N) is 1. The van der Waals surface area contributed by atoms with Gasteiger partial charge in [-0.2, -0.15) is 0 Å². The molecule has 2 amide bonds. The van der Waals surface area contributed by atoms with E-state index in [4.69, 9.17) is 23.2 Å². The van der Waals surface area contributed by atoms with E-state index in [0.717, 1.165) is 19.3 Å². The van der Waals surface area contributed by atoms with Crippen LogP contribution in [0.2, 0.25) is 10.0 Å². The average Bonchev–Trinajstić information content (AvgIpc) is 2.62. The number of hydrogen-bond acceptors (Lipinski definition) is 3. The van der Waals surface area contributed by atoms with E-state index in [1.165, 1.54) is 0 Å². The molecule has 1 aromatic carbocycles. The van der Waals surface area contributed by atoms with Crippen LogP contribution in [-0.2, 0) is 0 Å². The summed E-state index contributed by atoms with van der Waals surface area (Å²) in [6.07, 6.45) is 3.05. The predicted octanol–water partition coefficient (Wildman–Crippen LogP) is 4.56. The van der Waals surface area contributed by atoms with Crippen LogP contribution in [0.3, 0.4) is 0 Å². The van der Waals surface area contributed by atoms with Crippen molar-refractivity contribution < 1.29 is 9.59 Å². The number of nitrogens with one attached hydrogen (secondary N) is 2. The van der Waals surface area contributed by atoms with Gasteiger partial charge in [-0.15, -0.1) is 0 Å². The maximum absolute atomic E-state index is 12.3. The van der Waals surface area contributed by atoms with E-state index in [2.05, 4.69) is 22.5 Å². The molecule has 0 spiro atoms. The summed E-state index contributed by atoms with van der Waals surface area (Å²) >= 11 is 11.8. The van der Waals surface area contributed by atoms with Gasteiger partial charge < -0.3 is 10.6 Å². The Morgan fingerprint density at radius 1 is 1.00 bits per heavy atom. The van der Waals surface area contributed by atoms with Crippen LogP contribution in [0.4, 0.5) is 5.69 Å². The van der Waals surface area contributed by atoms with Crippen LogP contribution >= 0.6 is 23.2 Å². The number of carbonyl (C=O) groups is 2. The summed E-state index contributed by atoms with van der Waals surface area (Å²) < 4.78 is 0. The van der Waals surface area contributed by atoms with Crippen molar-refractivity contribution in [2.45, 2.75) is 26.2 Å². The summed E-state index contributed by atoms with van der Waals surface area (Å²) in [5.74, 6) is -0.723. The molecular formula is C18H19Cl2N3O2. The van der Waals surface area contributed by atoms with Crippen LogP contribution < -0.4 is 10.6 Å². The standard InChI is InChI=1S/C18H19Cl2N3O2/c1-2-3-4-10-21-17(24)15-6-5-7-16(23-15)18(25)22-12-8-9-13(19)14(20)11-12/h5-9,11H,2-4,10H2,1H3,(H,21,24)(H,22,25). The van der Waals surface area contributed by atoms with E-state index in [0.29, 0.717) is 22.3 Å². The Kier molecular flexibility index (Phi) is 7.22. The van der Waals surface area contributed by atoms with Gasteiger partial charge in [-0.25, -0.2) is 4.98 Å². The van der Waals surface area contributed by atoms with Gasteiger partial charge in [0.2, 0.25) is 0 Å². The quantitative estimate of drug-likeness (QED) is 0.692. The summed E-state index contributed by atoms with van der Waals surface area (Å²) in [5, 5.41) is 6.22.